The summed E-state index contributed by atoms with van der Waals surface area (Å²) in [5.41, 5.74) is 2.03. The van der Waals surface area contributed by atoms with Crippen LogP contribution >= 0.6 is 0 Å². The maximum atomic E-state index is 12.8. The molecule has 1 N–H and O–H groups in total. The summed E-state index contributed by atoms with van der Waals surface area (Å²) in [7, 11) is 1.66. The number of hydrogen-bond donors (Lipinski definition) is 1. The van der Waals surface area contributed by atoms with Crippen LogP contribution in [0.25, 0.3) is 0 Å². The number of methoxy groups -OCH3 is 1. The minimum atomic E-state index is 0.120. The number of ether oxygens (including phenoxy) is 1. The van der Waals surface area contributed by atoms with Gasteiger partial charge < -0.3 is 15.0 Å². The van der Waals surface area contributed by atoms with Gasteiger partial charge in [0, 0.05) is 24.6 Å². The molecule has 1 saturated heterocycles. The van der Waals surface area contributed by atoms with Crippen LogP contribution in [0.1, 0.15) is 41.6 Å². The van der Waals surface area contributed by atoms with Crippen molar-refractivity contribution in [2.75, 3.05) is 26.9 Å². The first-order chi connectivity index (χ1) is 10.2. The Hall–Kier alpha value is -1.39. The van der Waals surface area contributed by atoms with Crippen LogP contribution in [0, 0.1) is 5.92 Å². The summed E-state index contributed by atoms with van der Waals surface area (Å²) in [5.74, 6) is 1.03. The number of amides is 1. The fourth-order valence-electron chi connectivity index (χ4n) is 3.97. The fraction of sp³-hybridized carbons (Fsp3) is 0.588. The molecule has 0 saturated carbocycles. The van der Waals surface area contributed by atoms with Gasteiger partial charge in [-0.25, -0.2) is 0 Å². The molecule has 0 aliphatic carbocycles. The van der Waals surface area contributed by atoms with Crippen molar-refractivity contribution in [2.45, 2.75) is 31.7 Å². The topological polar surface area (TPSA) is 41.6 Å². The summed E-state index contributed by atoms with van der Waals surface area (Å²) in [6.45, 7) is 4.72. The van der Waals surface area contributed by atoms with Crippen LogP contribution in [0.4, 0.5) is 0 Å². The Labute approximate surface area is 126 Å². The molecule has 2 heterocycles. The normalized spacial score (nSPS) is 26.8. The molecule has 0 radical (unpaired) electrons. The number of rotatable bonds is 3. The number of hydrogen-bond acceptors (Lipinski definition) is 3. The summed E-state index contributed by atoms with van der Waals surface area (Å²) in [6.07, 6.45) is 2.26. The molecule has 0 spiro atoms. The second kappa shape index (κ2) is 6.16. The van der Waals surface area contributed by atoms with Gasteiger partial charge in [-0.1, -0.05) is 25.1 Å². The van der Waals surface area contributed by atoms with Crippen molar-refractivity contribution in [1.29, 1.82) is 0 Å². The van der Waals surface area contributed by atoms with Crippen molar-refractivity contribution in [2.24, 2.45) is 5.92 Å². The van der Waals surface area contributed by atoms with Crippen LogP contribution in [-0.4, -0.2) is 43.8 Å². The molecular weight excluding hydrogens is 264 g/mol. The lowest BCUT2D eigenvalue weighted by Crippen LogP contribution is -2.53. The molecule has 1 aromatic carbocycles. The predicted molar refractivity (Wildman–Crippen MR) is 82.3 cm³/mol. The molecule has 1 fully saturated rings. The Morgan fingerprint density at radius 1 is 1.29 bits per heavy atom. The summed E-state index contributed by atoms with van der Waals surface area (Å²) < 4.78 is 5.33. The fourth-order valence-corrected chi connectivity index (χ4v) is 3.97. The summed E-state index contributed by atoms with van der Waals surface area (Å²) >= 11 is 0. The first kappa shape index (κ1) is 14.5. The highest BCUT2D eigenvalue weighted by Crippen LogP contribution is 2.38. The van der Waals surface area contributed by atoms with Crippen molar-refractivity contribution in [3.8, 4) is 0 Å². The molecule has 2 atom stereocenters. The predicted octanol–water partition coefficient (Wildman–Crippen LogP) is 2.22. The van der Waals surface area contributed by atoms with E-state index in [1.54, 1.807) is 7.11 Å². The van der Waals surface area contributed by atoms with Gasteiger partial charge in [-0.05, 0) is 43.5 Å². The van der Waals surface area contributed by atoms with E-state index in [9.17, 15) is 4.79 Å². The highest BCUT2D eigenvalue weighted by Gasteiger charge is 2.41. The van der Waals surface area contributed by atoms with Gasteiger partial charge in [0.2, 0.25) is 0 Å². The van der Waals surface area contributed by atoms with Crippen LogP contribution in [0.15, 0.2) is 24.3 Å². The Balaban J connectivity index is 1.98. The van der Waals surface area contributed by atoms with E-state index >= 15 is 0 Å². The average molecular weight is 288 g/mol. The van der Waals surface area contributed by atoms with Gasteiger partial charge in [-0.15, -0.1) is 0 Å². The largest absolute Gasteiger partial charge is 0.364 e. The first-order valence-corrected chi connectivity index (χ1v) is 7.83. The third kappa shape index (κ3) is 2.58. The summed E-state index contributed by atoms with van der Waals surface area (Å²) in [6, 6.07) is 8.27. The standard InChI is InChI=1S/C17H24N2O2/c1-12-14-5-3-4-6-15(14)17(20)19(11-21-2)16(12)13-7-9-18-10-8-13/h3-6,12-13,16,18H,7-11H2,1-2H3. The number of carbonyl (C=O) groups excluding carboxylic acids is 1. The first-order valence-electron chi connectivity index (χ1n) is 7.83. The molecule has 1 aromatic rings. The lowest BCUT2D eigenvalue weighted by Gasteiger charge is -2.45. The van der Waals surface area contributed by atoms with Gasteiger partial charge in [0.05, 0.1) is 0 Å². The van der Waals surface area contributed by atoms with Crippen LogP contribution < -0.4 is 5.32 Å². The molecule has 21 heavy (non-hydrogen) atoms. The zero-order valence-electron chi connectivity index (χ0n) is 12.8. The molecular formula is C17H24N2O2. The quantitative estimate of drug-likeness (QED) is 0.927. The van der Waals surface area contributed by atoms with Crippen molar-refractivity contribution in [1.82, 2.24) is 10.2 Å². The Bertz CT molecular complexity index is 511. The van der Waals surface area contributed by atoms with Crippen LogP contribution in [0.5, 0.6) is 0 Å². The lowest BCUT2D eigenvalue weighted by molar-refractivity contribution is 0.000457. The van der Waals surface area contributed by atoms with E-state index in [2.05, 4.69) is 18.3 Å². The minimum absolute atomic E-state index is 0.120. The second-order valence-corrected chi connectivity index (χ2v) is 6.15. The van der Waals surface area contributed by atoms with Gasteiger partial charge in [-0.3, -0.25) is 4.79 Å². The lowest BCUT2D eigenvalue weighted by atomic mass is 9.75. The van der Waals surface area contributed by atoms with Gasteiger partial charge in [0.1, 0.15) is 6.73 Å². The third-order valence-corrected chi connectivity index (χ3v) is 4.95. The number of fused-ring (bicyclic) bond motifs is 1. The molecule has 4 heteroatoms. The Morgan fingerprint density at radius 2 is 2.00 bits per heavy atom. The van der Waals surface area contributed by atoms with Crippen molar-refractivity contribution in [3.05, 3.63) is 35.4 Å². The third-order valence-electron chi connectivity index (χ3n) is 4.95. The zero-order chi connectivity index (χ0) is 14.8. The second-order valence-electron chi connectivity index (χ2n) is 6.15. The van der Waals surface area contributed by atoms with E-state index in [-0.39, 0.29) is 11.9 Å². The number of carbonyl (C=O) groups is 1. The van der Waals surface area contributed by atoms with E-state index < -0.39 is 0 Å². The smallest absolute Gasteiger partial charge is 0.256 e. The van der Waals surface area contributed by atoms with Crippen molar-refractivity contribution in [3.63, 3.8) is 0 Å². The Kier molecular flexibility index (Phi) is 4.27. The molecule has 3 rings (SSSR count). The summed E-state index contributed by atoms with van der Waals surface area (Å²) in [4.78, 5) is 14.8. The monoisotopic (exact) mass is 288 g/mol. The van der Waals surface area contributed by atoms with Gasteiger partial charge in [-0.2, -0.15) is 0 Å². The molecule has 0 bridgehead atoms. The Morgan fingerprint density at radius 3 is 2.71 bits per heavy atom. The number of nitrogens with zero attached hydrogens (tertiary/aromatic N) is 1. The van der Waals surface area contributed by atoms with E-state index in [0.29, 0.717) is 18.6 Å². The highest BCUT2D eigenvalue weighted by atomic mass is 16.5. The molecule has 114 valence electrons. The zero-order valence-corrected chi connectivity index (χ0v) is 12.8. The SMILES string of the molecule is COCN1C(=O)c2ccccc2C(C)C1C1CCNCC1. The number of nitrogens with one attached hydrogen (secondary N) is 1. The highest BCUT2D eigenvalue weighted by molar-refractivity contribution is 5.97. The maximum absolute atomic E-state index is 12.8. The van der Waals surface area contributed by atoms with Crippen molar-refractivity contribution >= 4 is 5.91 Å². The number of piperidine rings is 1. The van der Waals surface area contributed by atoms with E-state index in [4.69, 9.17) is 4.74 Å². The molecule has 2 unspecified atom stereocenters. The molecule has 2 aliphatic heterocycles. The van der Waals surface area contributed by atoms with E-state index in [0.717, 1.165) is 31.5 Å². The average Bonchev–Trinajstić information content (AvgIpc) is 2.54. The van der Waals surface area contributed by atoms with Gasteiger partial charge >= 0.3 is 0 Å². The molecule has 1 amide bonds. The molecule has 4 nitrogen and oxygen atoms in total. The van der Waals surface area contributed by atoms with Crippen LogP contribution in [0.2, 0.25) is 0 Å². The maximum Gasteiger partial charge on any atom is 0.256 e. The molecule has 2 aliphatic rings. The van der Waals surface area contributed by atoms with Crippen molar-refractivity contribution < 1.29 is 9.53 Å². The van der Waals surface area contributed by atoms with Crippen LogP contribution in [-0.2, 0) is 4.74 Å². The van der Waals surface area contributed by atoms with E-state index in [1.165, 1.54) is 5.56 Å². The van der Waals surface area contributed by atoms with Gasteiger partial charge in [0.15, 0.2) is 0 Å². The molecule has 0 aromatic heterocycles. The van der Waals surface area contributed by atoms with E-state index in [1.807, 2.05) is 23.1 Å². The number of benzene rings is 1. The summed E-state index contributed by atoms with van der Waals surface area (Å²) in [5, 5.41) is 3.41. The minimum Gasteiger partial charge on any atom is -0.364 e. The van der Waals surface area contributed by atoms with Gasteiger partial charge in [0.25, 0.3) is 5.91 Å². The van der Waals surface area contributed by atoms with Crippen LogP contribution in [0.3, 0.4) is 0 Å².